The van der Waals surface area contributed by atoms with E-state index in [1.165, 1.54) is 11.6 Å². The van der Waals surface area contributed by atoms with E-state index in [4.69, 9.17) is 4.98 Å². The third-order valence-corrected chi connectivity index (χ3v) is 10.0. The van der Waals surface area contributed by atoms with Gasteiger partial charge in [-0.2, -0.15) is 8.42 Å². The molecule has 8 nitrogen and oxygen atoms in total. The third kappa shape index (κ3) is 6.56. The van der Waals surface area contributed by atoms with Crippen LogP contribution in [0, 0.1) is 5.92 Å². The molecular weight excluding hydrogens is 558 g/mol. The molecule has 0 spiro atoms. The summed E-state index contributed by atoms with van der Waals surface area (Å²) in [6, 6.07) is 14.6. The summed E-state index contributed by atoms with van der Waals surface area (Å²) < 4.78 is 29.3. The van der Waals surface area contributed by atoms with Crippen molar-refractivity contribution >= 4 is 27.4 Å². The van der Waals surface area contributed by atoms with Gasteiger partial charge < -0.3 is 10.2 Å². The summed E-state index contributed by atoms with van der Waals surface area (Å²) in [5, 5.41) is 3.27. The number of pyridine rings is 2. The molecule has 0 unspecified atom stereocenters. The normalized spacial score (nSPS) is 22.0. The molecule has 2 atom stereocenters. The molecule has 1 fully saturated rings. The first-order chi connectivity index (χ1) is 19.9. The van der Waals surface area contributed by atoms with Crippen molar-refractivity contribution in [1.29, 1.82) is 0 Å². The van der Waals surface area contributed by atoms with Gasteiger partial charge in [-0.15, -0.1) is 0 Å². The van der Waals surface area contributed by atoms with Gasteiger partial charge in [0.2, 0.25) is 0 Å². The van der Waals surface area contributed by atoms with Gasteiger partial charge in [-0.05, 0) is 97.4 Å². The second-order valence-corrected chi connectivity index (χ2v) is 16.4. The van der Waals surface area contributed by atoms with Crippen molar-refractivity contribution in [3.63, 3.8) is 0 Å². The van der Waals surface area contributed by atoms with Gasteiger partial charge in [0.05, 0.1) is 23.0 Å². The molecule has 2 N–H and O–H groups in total. The van der Waals surface area contributed by atoms with E-state index < -0.39 is 15.9 Å². The Bertz CT molecular complexity index is 1640. The highest BCUT2D eigenvalue weighted by Crippen LogP contribution is 2.42. The molecule has 0 radical (unpaired) electrons. The number of carbonyl (C=O) groups excluding carboxylic acids is 1. The molecule has 1 amide bonds. The van der Waals surface area contributed by atoms with Gasteiger partial charge >= 0.3 is 0 Å². The molecule has 4 bridgehead atoms. The lowest BCUT2D eigenvalue weighted by Crippen LogP contribution is -2.40. The Morgan fingerprint density at radius 2 is 1.63 bits per heavy atom. The van der Waals surface area contributed by atoms with Crippen LogP contribution < -0.4 is 14.9 Å². The maximum absolute atomic E-state index is 13.7. The van der Waals surface area contributed by atoms with E-state index in [0.717, 1.165) is 42.8 Å². The van der Waals surface area contributed by atoms with Crippen molar-refractivity contribution in [2.24, 2.45) is 5.92 Å². The molecule has 1 saturated heterocycles. The van der Waals surface area contributed by atoms with Crippen molar-refractivity contribution in [1.82, 2.24) is 14.7 Å². The number of nitrogens with one attached hydrogen (secondary N) is 2. The molecule has 43 heavy (non-hydrogen) atoms. The Labute approximate surface area is 256 Å². The Kier molecular flexibility index (Phi) is 7.86. The second-order valence-electron chi connectivity index (χ2n) is 14.8. The molecule has 2 aliphatic heterocycles. The Morgan fingerprint density at radius 1 is 0.930 bits per heavy atom. The number of hydrogen-bond donors (Lipinski definition) is 2. The SMILES string of the molecule is CC(C)(C)c1ccnc([C@H]2CC[C@@H]3CN(c4cc(C(C)(C)C)ccc4C(=O)NS(=O)(=O)c4cccc(n4)N2)C(C)(C)C3)c1. The summed E-state index contributed by atoms with van der Waals surface area (Å²) in [6.45, 7) is 18.1. The van der Waals surface area contributed by atoms with Crippen LogP contribution in [-0.2, 0) is 20.9 Å². The van der Waals surface area contributed by atoms with Crippen LogP contribution in [-0.4, -0.2) is 36.4 Å². The lowest BCUT2D eigenvalue weighted by atomic mass is 9.85. The quantitative estimate of drug-likeness (QED) is 0.317. The van der Waals surface area contributed by atoms with Gasteiger partial charge in [0.1, 0.15) is 5.82 Å². The predicted octanol–water partition coefficient (Wildman–Crippen LogP) is 6.74. The summed E-state index contributed by atoms with van der Waals surface area (Å²) in [4.78, 5) is 25.2. The van der Waals surface area contributed by atoms with E-state index in [1.54, 1.807) is 18.2 Å². The monoisotopic (exact) mass is 603 g/mol. The maximum Gasteiger partial charge on any atom is 0.281 e. The molecule has 0 saturated carbocycles. The summed E-state index contributed by atoms with van der Waals surface area (Å²) in [7, 11) is -4.25. The fraction of sp³-hybridized carbons (Fsp3) is 0.500. The predicted molar refractivity (Wildman–Crippen MR) is 172 cm³/mol. The van der Waals surface area contributed by atoms with Crippen molar-refractivity contribution in [2.75, 3.05) is 16.8 Å². The highest BCUT2D eigenvalue weighted by Gasteiger charge is 2.41. The number of nitrogens with zero attached hydrogens (tertiary/aromatic N) is 3. The highest BCUT2D eigenvalue weighted by atomic mass is 32.2. The molecule has 2 aromatic heterocycles. The number of hydrogen-bond acceptors (Lipinski definition) is 7. The van der Waals surface area contributed by atoms with Crippen LogP contribution in [0.1, 0.15) is 108 Å². The number of amides is 1. The summed E-state index contributed by atoms with van der Waals surface area (Å²) in [6.07, 6.45) is 4.51. The average molecular weight is 604 g/mol. The van der Waals surface area contributed by atoms with Gasteiger partial charge in [-0.3, -0.25) is 9.78 Å². The van der Waals surface area contributed by atoms with Gasteiger partial charge in [-0.25, -0.2) is 9.71 Å². The van der Waals surface area contributed by atoms with Crippen LogP contribution in [0.5, 0.6) is 0 Å². The number of sulfonamides is 1. The molecule has 5 rings (SSSR count). The van der Waals surface area contributed by atoms with Crippen molar-refractivity contribution in [3.05, 3.63) is 77.1 Å². The molecule has 230 valence electrons. The number of fused-ring (bicyclic) bond motifs is 6. The largest absolute Gasteiger partial charge is 0.365 e. The molecular formula is C34H45N5O3S. The number of benzene rings is 1. The Balaban J connectivity index is 1.62. The van der Waals surface area contributed by atoms with Crippen LogP contribution in [0.15, 0.2) is 59.8 Å². The van der Waals surface area contributed by atoms with Crippen LogP contribution in [0.2, 0.25) is 0 Å². The highest BCUT2D eigenvalue weighted by molar-refractivity contribution is 7.90. The lowest BCUT2D eigenvalue weighted by Gasteiger charge is -2.36. The average Bonchev–Trinajstić information content (AvgIpc) is 3.23. The second kappa shape index (κ2) is 10.9. The topological polar surface area (TPSA) is 104 Å². The number of anilines is 2. The maximum atomic E-state index is 13.7. The van der Waals surface area contributed by atoms with E-state index in [0.29, 0.717) is 17.3 Å². The van der Waals surface area contributed by atoms with E-state index in [1.807, 2.05) is 18.3 Å². The molecule has 2 aliphatic rings. The van der Waals surface area contributed by atoms with E-state index in [-0.39, 0.29) is 27.4 Å². The Hall–Kier alpha value is -3.46. The Morgan fingerprint density at radius 3 is 2.33 bits per heavy atom. The van der Waals surface area contributed by atoms with E-state index >= 15 is 0 Å². The number of carbonyl (C=O) groups is 1. The van der Waals surface area contributed by atoms with Gasteiger partial charge in [0.25, 0.3) is 15.9 Å². The molecule has 4 heterocycles. The fourth-order valence-electron chi connectivity index (χ4n) is 6.27. The van der Waals surface area contributed by atoms with Crippen LogP contribution in [0.3, 0.4) is 0 Å². The van der Waals surface area contributed by atoms with Crippen LogP contribution >= 0.6 is 0 Å². The van der Waals surface area contributed by atoms with E-state index in [9.17, 15) is 13.2 Å². The van der Waals surface area contributed by atoms with Crippen molar-refractivity contribution in [3.8, 4) is 0 Å². The third-order valence-electron chi connectivity index (χ3n) is 8.77. The minimum absolute atomic E-state index is 0.0444. The first-order valence-electron chi connectivity index (χ1n) is 15.1. The molecule has 0 aliphatic carbocycles. The fourth-order valence-corrected chi connectivity index (χ4v) is 7.21. The van der Waals surface area contributed by atoms with Gasteiger partial charge in [0.15, 0.2) is 5.03 Å². The minimum atomic E-state index is -4.25. The zero-order valence-corrected chi connectivity index (χ0v) is 27.5. The minimum Gasteiger partial charge on any atom is -0.365 e. The first-order valence-corrected chi connectivity index (χ1v) is 16.6. The zero-order valence-electron chi connectivity index (χ0n) is 26.7. The molecule has 9 heteroatoms. The van der Waals surface area contributed by atoms with Crippen LogP contribution in [0.4, 0.5) is 11.5 Å². The summed E-state index contributed by atoms with van der Waals surface area (Å²) in [5.41, 5.74) is 3.85. The molecule has 3 aromatic rings. The van der Waals surface area contributed by atoms with Gasteiger partial charge in [-0.1, -0.05) is 53.7 Å². The number of rotatable bonds is 1. The first kappa shape index (κ1) is 31.0. The summed E-state index contributed by atoms with van der Waals surface area (Å²) in [5.74, 6) is 0.125. The smallest absolute Gasteiger partial charge is 0.281 e. The van der Waals surface area contributed by atoms with Crippen molar-refractivity contribution in [2.45, 2.75) is 102 Å². The summed E-state index contributed by atoms with van der Waals surface area (Å²) >= 11 is 0. The van der Waals surface area contributed by atoms with E-state index in [2.05, 4.69) is 87.4 Å². The molecule has 1 aromatic carbocycles. The van der Waals surface area contributed by atoms with Crippen molar-refractivity contribution < 1.29 is 13.2 Å². The number of aromatic nitrogens is 2. The van der Waals surface area contributed by atoms with Gasteiger partial charge in [0, 0.05) is 18.3 Å². The standard InChI is InChI=1S/C34H45N5O3S/c1-32(2,3)23-13-14-25-28(19-23)39-21-22(20-34(39,7)8)12-15-26(27-18-24(16-17-35-27)33(4,5)6)36-29-10-9-11-30(37-29)43(41,42)38-31(25)40/h9-11,13-14,16-19,22,26H,12,15,20-21H2,1-8H3,(H,36,37)(H,38,40)/t22-,26+/m0/s1. The lowest BCUT2D eigenvalue weighted by molar-refractivity contribution is 0.0981. The van der Waals surface area contributed by atoms with Crippen LogP contribution in [0.25, 0.3) is 0 Å². The zero-order chi connectivity index (χ0) is 31.4.